The Labute approximate surface area is 106 Å². The van der Waals surface area contributed by atoms with E-state index in [4.69, 9.17) is 4.99 Å². The molecule has 1 unspecified atom stereocenters. The first kappa shape index (κ1) is 14.3. The molecule has 0 spiro atoms. The van der Waals surface area contributed by atoms with E-state index in [1.165, 1.54) is 44.2 Å². The molecule has 0 aliphatic heterocycles. The van der Waals surface area contributed by atoms with Crippen LogP contribution in [-0.2, 0) is 0 Å². The Balaban J connectivity index is 2.38. The first-order valence-corrected chi connectivity index (χ1v) is 11.8. The summed E-state index contributed by atoms with van der Waals surface area (Å²) in [6.45, 7) is 10.7. The molecule has 0 radical (unpaired) electrons. The van der Waals surface area contributed by atoms with Gasteiger partial charge in [0.15, 0.2) is 0 Å². The average Bonchev–Trinajstić information content (AvgIpc) is 2.16. The number of unbranched alkanes of at least 4 members (excludes halogenated alkanes) is 1. The van der Waals surface area contributed by atoms with Crippen LogP contribution in [0.3, 0.4) is 0 Å². The fraction of sp³-hybridized carbons (Fsp3) is 0.923. The predicted molar refractivity (Wildman–Crippen MR) is 80.4 cm³/mol. The molecule has 1 aliphatic rings. The summed E-state index contributed by atoms with van der Waals surface area (Å²) in [5.41, 5.74) is 1.51. The molecule has 0 bridgehead atoms. The Morgan fingerprint density at radius 1 is 1.38 bits per heavy atom. The van der Waals surface area contributed by atoms with E-state index in [1.807, 2.05) is 0 Å². The van der Waals surface area contributed by atoms with Crippen molar-refractivity contribution in [3.05, 3.63) is 0 Å². The quantitative estimate of drug-likeness (QED) is 0.512. The summed E-state index contributed by atoms with van der Waals surface area (Å²) in [6, 6.07) is 0. The average molecular weight is 258 g/mol. The van der Waals surface area contributed by atoms with E-state index < -0.39 is 7.22 Å². The molecule has 16 heavy (non-hydrogen) atoms. The van der Waals surface area contributed by atoms with Gasteiger partial charge < -0.3 is 0 Å². The van der Waals surface area contributed by atoms with Crippen LogP contribution < -0.4 is 0 Å². The number of rotatable bonds is 5. The minimum Gasteiger partial charge on any atom is -0.294 e. The van der Waals surface area contributed by atoms with Crippen LogP contribution >= 0.6 is 11.2 Å². The normalized spacial score (nSPS) is 25.0. The molecule has 0 heterocycles. The first-order valence-electron chi connectivity index (χ1n) is 6.71. The number of hydrogen-bond acceptors (Lipinski definition) is 2. The van der Waals surface area contributed by atoms with Crippen molar-refractivity contribution < 1.29 is 0 Å². The summed E-state index contributed by atoms with van der Waals surface area (Å²) in [5, 5.41) is 0.876. The summed E-state index contributed by atoms with van der Waals surface area (Å²) in [7, 11) is -0.951. The minimum absolute atomic E-state index is 0.876. The highest BCUT2D eigenvalue weighted by Gasteiger charge is 2.24. The minimum atomic E-state index is -0.951. The van der Waals surface area contributed by atoms with Crippen LogP contribution in [0.1, 0.15) is 45.4 Å². The molecule has 1 aliphatic carbocycles. The molecule has 0 aromatic heterocycles. The standard InChI is InChI=1S/C13H27NSSi/c1-5-6-10-14-12-8-7-9-13(11-12)15-16(2,3)4/h13H,5-11H2,1-4H3/b14-12+. The Morgan fingerprint density at radius 2 is 2.12 bits per heavy atom. The van der Waals surface area contributed by atoms with E-state index in [0.29, 0.717) is 0 Å². The monoisotopic (exact) mass is 257 g/mol. The summed E-state index contributed by atoms with van der Waals surface area (Å²) in [6.07, 6.45) is 7.86. The fourth-order valence-electron chi connectivity index (χ4n) is 2.14. The molecular formula is C13H27NSSi. The van der Waals surface area contributed by atoms with Gasteiger partial charge >= 0.3 is 0 Å². The molecule has 1 saturated carbocycles. The highest BCUT2D eigenvalue weighted by molar-refractivity contribution is 8.29. The Kier molecular flexibility index (Phi) is 6.12. The largest absolute Gasteiger partial charge is 0.294 e. The lowest BCUT2D eigenvalue weighted by Crippen LogP contribution is -2.25. The van der Waals surface area contributed by atoms with Crippen LogP contribution in [0.2, 0.25) is 19.6 Å². The third-order valence-corrected chi connectivity index (χ3v) is 7.39. The van der Waals surface area contributed by atoms with Crippen molar-refractivity contribution in [1.29, 1.82) is 0 Å². The summed E-state index contributed by atoms with van der Waals surface area (Å²) in [5.74, 6) is 0. The van der Waals surface area contributed by atoms with Crippen molar-refractivity contribution in [3.8, 4) is 0 Å². The smallest absolute Gasteiger partial charge is 0.108 e. The zero-order valence-electron chi connectivity index (χ0n) is 11.4. The molecule has 0 amide bonds. The van der Waals surface area contributed by atoms with E-state index in [2.05, 4.69) is 37.8 Å². The van der Waals surface area contributed by atoms with Gasteiger partial charge in [0.1, 0.15) is 7.22 Å². The van der Waals surface area contributed by atoms with Crippen LogP contribution in [0.25, 0.3) is 0 Å². The number of aliphatic imine (C=N–C) groups is 1. The van der Waals surface area contributed by atoms with Gasteiger partial charge in [0.2, 0.25) is 0 Å². The van der Waals surface area contributed by atoms with Crippen LogP contribution in [0.15, 0.2) is 4.99 Å². The second-order valence-corrected chi connectivity index (χ2v) is 15.3. The number of nitrogens with zero attached hydrogens (tertiary/aromatic N) is 1. The van der Waals surface area contributed by atoms with E-state index in [9.17, 15) is 0 Å². The molecule has 0 saturated heterocycles. The highest BCUT2D eigenvalue weighted by atomic mass is 32.4. The van der Waals surface area contributed by atoms with Gasteiger partial charge in [0.25, 0.3) is 0 Å². The van der Waals surface area contributed by atoms with E-state index in [-0.39, 0.29) is 0 Å². The third-order valence-electron chi connectivity index (χ3n) is 2.82. The Morgan fingerprint density at radius 3 is 2.75 bits per heavy atom. The van der Waals surface area contributed by atoms with Crippen LogP contribution in [-0.4, -0.2) is 24.7 Å². The van der Waals surface area contributed by atoms with Crippen molar-refractivity contribution >= 4 is 24.1 Å². The second-order valence-electron chi connectivity index (χ2n) is 5.75. The molecule has 1 fully saturated rings. The lowest BCUT2D eigenvalue weighted by molar-refractivity contribution is 0.676. The molecule has 1 rings (SSSR count). The summed E-state index contributed by atoms with van der Waals surface area (Å²) in [4.78, 5) is 4.77. The van der Waals surface area contributed by atoms with Gasteiger partial charge in [0.05, 0.1) is 0 Å². The molecule has 1 atom stereocenters. The molecular weight excluding hydrogens is 230 g/mol. The topological polar surface area (TPSA) is 12.4 Å². The van der Waals surface area contributed by atoms with E-state index in [0.717, 1.165) is 11.8 Å². The van der Waals surface area contributed by atoms with Gasteiger partial charge in [-0.15, -0.1) is 0 Å². The maximum absolute atomic E-state index is 4.77. The van der Waals surface area contributed by atoms with Crippen molar-refractivity contribution in [1.82, 2.24) is 0 Å². The Bertz CT molecular complexity index is 233. The van der Waals surface area contributed by atoms with Crippen LogP contribution in [0, 0.1) is 0 Å². The van der Waals surface area contributed by atoms with Crippen molar-refractivity contribution in [3.63, 3.8) is 0 Å². The fourth-order valence-corrected chi connectivity index (χ4v) is 7.30. The van der Waals surface area contributed by atoms with Crippen LogP contribution in [0.5, 0.6) is 0 Å². The van der Waals surface area contributed by atoms with Gasteiger partial charge in [-0.05, 0) is 32.1 Å². The van der Waals surface area contributed by atoms with Gasteiger partial charge in [-0.3, -0.25) is 4.99 Å². The maximum Gasteiger partial charge on any atom is 0.108 e. The SMILES string of the molecule is CCCC/N=C1\CCCC(S[Si](C)(C)C)C1. The summed E-state index contributed by atoms with van der Waals surface area (Å²) < 4.78 is 0. The molecule has 0 aromatic rings. The molecule has 1 nitrogen and oxygen atoms in total. The third kappa shape index (κ3) is 6.09. The van der Waals surface area contributed by atoms with Crippen molar-refractivity contribution in [2.75, 3.05) is 6.54 Å². The van der Waals surface area contributed by atoms with E-state index >= 15 is 0 Å². The van der Waals surface area contributed by atoms with Gasteiger partial charge in [-0.2, -0.15) is 11.2 Å². The zero-order chi connectivity index (χ0) is 12.0. The van der Waals surface area contributed by atoms with Crippen LogP contribution in [0.4, 0.5) is 0 Å². The van der Waals surface area contributed by atoms with Gasteiger partial charge in [-0.1, -0.05) is 33.0 Å². The van der Waals surface area contributed by atoms with Gasteiger partial charge in [0, 0.05) is 17.5 Å². The lowest BCUT2D eigenvalue weighted by Gasteiger charge is -2.28. The Hall–Kier alpha value is 0.237. The lowest BCUT2D eigenvalue weighted by atomic mass is 9.98. The zero-order valence-corrected chi connectivity index (χ0v) is 13.2. The van der Waals surface area contributed by atoms with E-state index in [1.54, 1.807) is 0 Å². The molecule has 94 valence electrons. The molecule has 0 aromatic carbocycles. The number of hydrogen-bond donors (Lipinski definition) is 0. The first-order chi connectivity index (χ1) is 7.51. The van der Waals surface area contributed by atoms with Crippen molar-refractivity contribution in [2.24, 2.45) is 4.99 Å². The predicted octanol–water partition coefficient (Wildman–Crippen LogP) is 4.74. The summed E-state index contributed by atoms with van der Waals surface area (Å²) >= 11 is 2.28. The van der Waals surface area contributed by atoms with Crippen molar-refractivity contribution in [2.45, 2.75) is 70.3 Å². The molecule has 3 heteroatoms. The maximum atomic E-state index is 4.77. The highest BCUT2D eigenvalue weighted by Crippen LogP contribution is 2.33. The second kappa shape index (κ2) is 6.85. The molecule has 0 N–H and O–H groups in total. The van der Waals surface area contributed by atoms with Gasteiger partial charge in [-0.25, -0.2) is 0 Å².